The minimum absolute atomic E-state index is 0.0236. The number of halogens is 1. The van der Waals surface area contributed by atoms with Crippen LogP contribution in [0.5, 0.6) is 0 Å². The molecule has 0 spiro atoms. The number of sulfonamides is 1. The van der Waals surface area contributed by atoms with E-state index < -0.39 is 28.3 Å². The highest BCUT2D eigenvalue weighted by Crippen LogP contribution is 2.43. The first-order chi connectivity index (χ1) is 15.8. The van der Waals surface area contributed by atoms with Gasteiger partial charge in [0.2, 0.25) is 11.8 Å². The van der Waals surface area contributed by atoms with Crippen LogP contribution in [0.15, 0.2) is 71.6 Å². The zero-order valence-electron chi connectivity index (χ0n) is 17.5. The zero-order valence-corrected chi connectivity index (χ0v) is 18.3. The number of rotatable bonds is 4. The molecule has 0 atom stereocenters. The predicted octanol–water partition coefficient (Wildman–Crippen LogP) is 3.77. The average Bonchev–Trinajstić information content (AvgIpc) is 3.23. The molecule has 2 heterocycles. The van der Waals surface area contributed by atoms with Gasteiger partial charge in [0.1, 0.15) is 12.4 Å². The Bertz CT molecular complexity index is 1370. The van der Waals surface area contributed by atoms with E-state index in [0.717, 1.165) is 16.4 Å². The van der Waals surface area contributed by atoms with Crippen molar-refractivity contribution in [2.45, 2.75) is 17.7 Å². The van der Waals surface area contributed by atoms with E-state index in [4.69, 9.17) is 0 Å². The second kappa shape index (κ2) is 8.00. The fourth-order valence-corrected chi connectivity index (χ4v) is 5.90. The Morgan fingerprint density at radius 3 is 2.48 bits per heavy atom. The largest absolute Gasteiger partial charge is 0.325 e. The quantitative estimate of drug-likeness (QED) is 0.636. The second-order valence-electron chi connectivity index (χ2n) is 7.91. The summed E-state index contributed by atoms with van der Waals surface area (Å²) in [4.78, 5) is 26.4. The molecule has 2 amide bonds. The van der Waals surface area contributed by atoms with Crippen molar-refractivity contribution in [2.75, 3.05) is 27.6 Å². The average molecular weight is 466 g/mol. The minimum Gasteiger partial charge on any atom is -0.325 e. The van der Waals surface area contributed by atoms with Crippen molar-refractivity contribution in [1.29, 1.82) is 0 Å². The van der Waals surface area contributed by atoms with Crippen LogP contribution >= 0.6 is 0 Å². The van der Waals surface area contributed by atoms with Crippen molar-refractivity contribution in [3.63, 3.8) is 0 Å². The van der Waals surface area contributed by atoms with Crippen molar-refractivity contribution in [3.8, 4) is 11.1 Å². The molecule has 33 heavy (non-hydrogen) atoms. The van der Waals surface area contributed by atoms with Crippen molar-refractivity contribution >= 4 is 38.9 Å². The van der Waals surface area contributed by atoms with Crippen LogP contribution in [-0.4, -0.2) is 33.3 Å². The van der Waals surface area contributed by atoms with Crippen LogP contribution in [0.4, 0.5) is 21.5 Å². The lowest BCUT2D eigenvalue weighted by Gasteiger charge is -2.31. The van der Waals surface area contributed by atoms with E-state index in [0.29, 0.717) is 29.8 Å². The molecule has 0 bridgehead atoms. The van der Waals surface area contributed by atoms with E-state index in [1.54, 1.807) is 47.4 Å². The summed E-state index contributed by atoms with van der Waals surface area (Å²) >= 11 is 0. The first kappa shape index (κ1) is 21.1. The van der Waals surface area contributed by atoms with E-state index in [1.807, 2.05) is 0 Å². The Morgan fingerprint density at radius 2 is 1.76 bits per heavy atom. The van der Waals surface area contributed by atoms with Crippen LogP contribution in [0.2, 0.25) is 0 Å². The van der Waals surface area contributed by atoms with Gasteiger partial charge in [-0.25, -0.2) is 12.8 Å². The van der Waals surface area contributed by atoms with Gasteiger partial charge < -0.3 is 10.2 Å². The molecular formula is C24H20FN3O4S. The number of carbonyl (C=O) groups is 2. The summed E-state index contributed by atoms with van der Waals surface area (Å²) in [6.45, 7) is 0.195. The molecule has 1 saturated heterocycles. The SMILES string of the molecule is O=C(CN1c2ccc(F)cc2-c2ccccc2S1(=O)=O)Nc1ccc(N2CCCC2=O)cc1. The van der Waals surface area contributed by atoms with Crippen LogP contribution in [0.1, 0.15) is 12.8 Å². The number of nitrogens with zero attached hydrogens (tertiary/aromatic N) is 2. The number of hydrogen-bond acceptors (Lipinski definition) is 4. The molecule has 3 aromatic rings. The number of hydrogen-bond donors (Lipinski definition) is 1. The Morgan fingerprint density at radius 1 is 1.00 bits per heavy atom. The number of fused-ring (bicyclic) bond motifs is 3. The van der Waals surface area contributed by atoms with Gasteiger partial charge in [-0.3, -0.25) is 13.9 Å². The fraction of sp³-hybridized carbons (Fsp3) is 0.167. The Labute approximate surface area is 190 Å². The summed E-state index contributed by atoms with van der Waals surface area (Å²) in [6, 6.07) is 17.0. The highest BCUT2D eigenvalue weighted by Gasteiger charge is 2.36. The lowest BCUT2D eigenvalue weighted by molar-refractivity contribution is -0.117. The number of amides is 2. The number of anilines is 3. The van der Waals surface area contributed by atoms with E-state index >= 15 is 0 Å². The van der Waals surface area contributed by atoms with Gasteiger partial charge in [0, 0.05) is 35.5 Å². The van der Waals surface area contributed by atoms with Gasteiger partial charge in [-0.1, -0.05) is 18.2 Å². The van der Waals surface area contributed by atoms with E-state index in [-0.39, 0.29) is 16.5 Å². The molecule has 7 nitrogen and oxygen atoms in total. The zero-order chi connectivity index (χ0) is 23.2. The van der Waals surface area contributed by atoms with E-state index in [2.05, 4.69) is 5.32 Å². The molecule has 0 aliphatic carbocycles. The van der Waals surface area contributed by atoms with Gasteiger partial charge in [-0.2, -0.15) is 0 Å². The molecule has 2 aliphatic heterocycles. The van der Waals surface area contributed by atoms with Gasteiger partial charge in [0.25, 0.3) is 10.0 Å². The van der Waals surface area contributed by atoms with Gasteiger partial charge in [-0.05, 0) is 55.0 Å². The normalized spacial score (nSPS) is 16.3. The lowest BCUT2D eigenvalue weighted by atomic mass is 10.0. The lowest BCUT2D eigenvalue weighted by Crippen LogP contribution is -2.40. The minimum atomic E-state index is -4.01. The maximum atomic E-state index is 14.0. The first-order valence-electron chi connectivity index (χ1n) is 10.5. The topological polar surface area (TPSA) is 86.8 Å². The van der Waals surface area contributed by atoms with Gasteiger partial charge in [-0.15, -0.1) is 0 Å². The van der Waals surface area contributed by atoms with Crippen molar-refractivity contribution in [1.82, 2.24) is 0 Å². The molecule has 1 N–H and O–H groups in total. The van der Waals surface area contributed by atoms with E-state index in [9.17, 15) is 22.4 Å². The third-order valence-electron chi connectivity index (χ3n) is 5.80. The molecule has 3 aromatic carbocycles. The third kappa shape index (κ3) is 3.74. The number of carbonyl (C=O) groups excluding carboxylic acids is 2. The molecule has 9 heteroatoms. The standard InChI is InChI=1S/C24H20FN3O4S/c25-16-7-12-21-20(14-16)19-4-1-2-5-22(19)33(31,32)28(21)15-23(29)26-17-8-10-18(11-9-17)27-13-3-6-24(27)30/h1-2,4-5,7-12,14H,3,6,13,15H2,(H,26,29). The van der Waals surface area contributed by atoms with Crippen LogP contribution < -0.4 is 14.5 Å². The van der Waals surface area contributed by atoms with Crippen molar-refractivity contribution < 1.29 is 22.4 Å². The van der Waals surface area contributed by atoms with Crippen LogP contribution in [0.3, 0.4) is 0 Å². The van der Waals surface area contributed by atoms with Crippen LogP contribution in [0.25, 0.3) is 11.1 Å². The molecule has 2 aliphatic rings. The summed E-state index contributed by atoms with van der Waals surface area (Å²) < 4.78 is 41.5. The van der Waals surface area contributed by atoms with Crippen LogP contribution in [0, 0.1) is 5.82 Å². The third-order valence-corrected chi connectivity index (χ3v) is 7.61. The Kier molecular flexibility index (Phi) is 5.13. The monoisotopic (exact) mass is 465 g/mol. The highest BCUT2D eigenvalue weighted by atomic mass is 32.2. The van der Waals surface area contributed by atoms with Crippen molar-refractivity contribution in [2.24, 2.45) is 0 Å². The summed E-state index contributed by atoms with van der Waals surface area (Å²) in [5, 5.41) is 2.70. The van der Waals surface area contributed by atoms with E-state index in [1.165, 1.54) is 24.3 Å². The fourth-order valence-electron chi connectivity index (χ4n) is 4.25. The number of nitrogens with one attached hydrogen (secondary N) is 1. The molecule has 0 unspecified atom stereocenters. The molecular weight excluding hydrogens is 445 g/mol. The summed E-state index contributed by atoms with van der Waals surface area (Å²) in [5.74, 6) is -0.973. The summed E-state index contributed by atoms with van der Waals surface area (Å²) in [5.41, 5.74) is 2.28. The van der Waals surface area contributed by atoms with Gasteiger partial charge >= 0.3 is 0 Å². The summed E-state index contributed by atoms with van der Waals surface area (Å²) in [6.07, 6.45) is 1.34. The molecule has 168 valence electrons. The molecule has 5 rings (SSSR count). The predicted molar refractivity (Wildman–Crippen MR) is 123 cm³/mol. The highest BCUT2D eigenvalue weighted by molar-refractivity contribution is 7.93. The molecule has 0 radical (unpaired) electrons. The maximum absolute atomic E-state index is 14.0. The molecule has 0 aromatic heterocycles. The number of benzene rings is 3. The first-order valence-corrected chi connectivity index (χ1v) is 11.9. The van der Waals surface area contributed by atoms with Crippen LogP contribution in [-0.2, 0) is 19.6 Å². The van der Waals surface area contributed by atoms with Gasteiger partial charge in [0.15, 0.2) is 0 Å². The Balaban J connectivity index is 1.40. The maximum Gasteiger partial charge on any atom is 0.265 e. The molecule has 1 fully saturated rings. The van der Waals surface area contributed by atoms with Gasteiger partial charge in [0.05, 0.1) is 10.6 Å². The summed E-state index contributed by atoms with van der Waals surface area (Å²) in [7, 11) is -4.01. The Hall–Kier alpha value is -3.72. The van der Waals surface area contributed by atoms with Crippen molar-refractivity contribution in [3.05, 3.63) is 72.5 Å². The second-order valence-corrected chi connectivity index (χ2v) is 9.74. The smallest absolute Gasteiger partial charge is 0.265 e. The molecule has 0 saturated carbocycles.